The average Bonchev–Trinajstić information content (AvgIpc) is 3.50. The number of amides is 1. The molecule has 0 radical (unpaired) electrons. The van der Waals surface area contributed by atoms with Crippen LogP contribution in [0, 0.1) is 45.8 Å². The molecule has 0 bridgehead atoms. The molecule has 0 spiro atoms. The Morgan fingerprint density at radius 3 is 2.10 bits per heavy atom. The number of nitrogens with zero attached hydrogens (tertiary/aromatic N) is 1. The third kappa shape index (κ3) is 7.14. The van der Waals surface area contributed by atoms with Gasteiger partial charge in [-0.1, -0.05) is 92.5 Å². The minimum absolute atomic E-state index is 0.0656. The Labute approximate surface area is 305 Å². The number of aldehydes is 1. The van der Waals surface area contributed by atoms with E-state index < -0.39 is 9.84 Å². The van der Waals surface area contributed by atoms with Crippen LogP contribution in [0.5, 0.6) is 0 Å². The molecule has 1 saturated heterocycles. The van der Waals surface area contributed by atoms with Gasteiger partial charge >= 0.3 is 0 Å². The quantitative estimate of drug-likeness (QED) is 0.309. The standard InChI is InChI=1S/C38H56N2O4S.C3H8.C2H6/c1-35(2)29(27-9-7-26(25-41)8-10-27)13-17-37(4)32(35)15-18-36(3)30-14-19-38(16-5-6-31(38)28(30)11-12-33(36)37)39-34(42)24-40-20-22-45(43,44)23-21-40;1-3-2;1-2/h7-10,25,28-33H,5-6,11-24H2,1-4H3,(H,39,42);3H2,1-2H3;1-2H3. The molecule has 7 heteroatoms. The Kier molecular flexibility index (Phi) is 12.1. The molecule has 5 aliphatic carbocycles. The summed E-state index contributed by atoms with van der Waals surface area (Å²) in [5.74, 6) is 4.44. The van der Waals surface area contributed by atoms with Crippen molar-refractivity contribution in [3.05, 3.63) is 35.4 Å². The number of fused-ring (bicyclic) bond motifs is 7. The molecule has 7 rings (SSSR count). The molecule has 1 amide bonds. The van der Waals surface area contributed by atoms with Crippen molar-refractivity contribution in [1.29, 1.82) is 0 Å². The van der Waals surface area contributed by atoms with Gasteiger partial charge in [0.15, 0.2) is 9.84 Å². The molecule has 9 unspecified atom stereocenters. The molecule has 282 valence electrons. The lowest BCUT2D eigenvalue weighted by atomic mass is 9.35. The lowest BCUT2D eigenvalue weighted by Gasteiger charge is -2.69. The topological polar surface area (TPSA) is 83.6 Å². The molecule has 1 N–H and O–H groups in total. The third-order valence-electron chi connectivity index (χ3n) is 15.2. The molecule has 50 heavy (non-hydrogen) atoms. The molecule has 1 aromatic rings. The van der Waals surface area contributed by atoms with Gasteiger partial charge in [0.25, 0.3) is 0 Å². The maximum absolute atomic E-state index is 13.4. The van der Waals surface area contributed by atoms with Crippen molar-refractivity contribution in [2.24, 2.45) is 45.8 Å². The van der Waals surface area contributed by atoms with E-state index >= 15 is 0 Å². The van der Waals surface area contributed by atoms with E-state index in [1.165, 1.54) is 69.8 Å². The first-order chi connectivity index (χ1) is 23.7. The van der Waals surface area contributed by atoms with Gasteiger partial charge in [0.05, 0.1) is 18.1 Å². The number of rotatable bonds is 5. The Morgan fingerprint density at radius 2 is 1.46 bits per heavy atom. The summed E-state index contributed by atoms with van der Waals surface area (Å²) in [6, 6.07) is 8.42. The van der Waals surface area contributed by atoms with Gasteiger partial charge < -0.3 is 5.32 Å². The highest BCUT2D eigenvalue weighted by atomic mass is 32.2. The van der Waals surface area contributed by atoms with Crippen molar-refractivity contribution in [2.45, 2.75) is 144 Å². The predicted molar refractivity (Wildman–Crippen MR) is 206 cm³/mol. The van der Waals surface area contributed by atoms with Crippen molar-refractivity contribution < 1.29 is 18.0 Å². The Hall–Kier alpha value is -1.73. The van der Waals surface area contributed by atoms with Crippen LogP contribution in [0.2, 0.25) is 0 Å². The smallest absolute Gasteiger partial charge is 0.234 e. The minimum Gasteiger partial charge on any atom is -0.349 e. The molecule has 6 nitrogen and oxygen atoms in total. The predicted octanol–water partition coefficient (Wildman–Crippen LogP) is 9.09. The summed E-state index contributed by atoms with van der Waals surface area (Å²) >= 11 is 0. The molecule has 6 aliphatic rings. The van der Waals surface area contributed by atoms with Crippen LogP contribution in [0.3, 0.4) is 0 Å². The zero-order chi connectivity index (χ0) is 36.5. The van der Waals surface area contributed by atoms with Crippen LogP contribution in [-0.2, 0) is 14.6 Å². The Balaban J connectivity index is 0.000000924. The van der Waals surface area contributed by atoms with Crippen LogP contribution in [0.25, 0.3) is 0 Å². The van der Waals surface area contributed by atoms with Gasteiger partial charge in [-0.3, -0.25) is 14.5 Å². The SMILES string of the molecule is CC.CC1(C)C(c2ccc(C=O)cc2)CCC2(C)C1CCC1(C)C3CCC4(NC(=O)CN5CCS(=O)(=O)CC5)CCCC4C3CCC12.CCC. The summed E-state index contributed by atoms with van der Waals surface area (Å²) in [6.45, 7) is 20.0. The van der Waals surface area contributed by atoms with E-state index in [2.05, 4.69) is 59.0 Å². The van der Waals surface area contributed by atoms with E-state index in [0.29, 0.717) is 54.1 Å². The molecule has 0 aromatic heterocycles. The van der Waals surface area contributed by atoms with Crippen molar-refractivity contribution >= 4 is 22.0 Å². The van der Waals surface area contributed by atoms with E-state index in [4.69, 9.17) is 0 Å². The fraction of sp³-hybridized carbons (Fsp3) is 0.814. The van der Waals surface area contributed by atoms with Crippen LogP contribution in [0.15, 0.2) is 24.3 Å². The van der Waals surface area contributed by atoms with Gasteiger partial charge in [0.2, 0.25) is 5.91 Å². The summed E-state index contributed by atoms with van der Waals surface area (Å²) in [6.07, 6.45) is 15.8. The zero-order valence-corrected chi connectivity index (χ0v) is 33.7. The number of carbonyl (C=O) groups is 2. The first kappa shape index (κ1) is 39.5. The van der Waals surface area contributed by atoms with Crippen LogP contribution in [0.4, 0.5) is 0 Å². The lowest BCUT2D eigenvalue weighted by Crippen LogP contribution is -2.65. The zero-order valence-electron chi connectivity index (χ0n) is 32.9. The number of nitrogens with one attached hydrogen (secondary N) is 1. The van der Waals surface area contributed by atoms with Crippen LogP contribution in [-0.4, -0.2) is 62.2 Å². The van der Waals surface area contributed by atoms with Gasteiger partial charge in [0.1, 0.15) is 6.29 Å². The molecular formula is C43H70N2O4S. The number of carbonyl (C=O) groups excluding carboxylic acids is 2. The average molecular weight is 711 g/mol. The number of hydrogen-bond acceptors (Lipinski definition) is 5. The normalized spacial score (nSPS) is 39.8. The third-order valence-corrected chi connectivity index (χ3v) is 16.8. The highest BCUT2D eigenvalue weighted by molar-refractivity contribution is 7.91. The van der Waals surface area contributed by atoms with Gasteiger partial charge in [-0.25, -0.2) is 8.42 Å². The number of benzene rings is 1. The summed E-state index contributed by atoms with van der Waals surface area (Å²) in [7, 11) is -2.94. The van der Waals surface area contributed by atoms with E-state index in [0.717, 1.165) is 36.5 Å². The van der Waals surface area contributed by atoms with Crippen LogP contribution >= 0.6 is 0 Å². The molecule has 9 atom stereocenters. The molecule has 6 fully saturated rings. The highest BCUT2D eigenvalue weighted by Crippen LogP contribution is 2.73. The largest absolute Gasteiger partial charge is 0.349 e. The van der Waals surface area contributed by atoms with Crippen LogP contribution in [0.1, 0.15) is 154 Å². The maximum Gasteiger partial charge on any atom is 0.234 e. The van der Waals surface area contributed by atoms with Crippen molar-refractivity contribution in [1.82, 2.24) is 10.2 Å². The van der Waals surface area contributed by atoms with E-state index in [-0.39, 0.29) is 28.4 Å². The number of hydrogen-bond donors (Lipinski definition) is 1. The lowest BCUT2D eigenvalue weighted by molar-refractivity contribution is -0.195. The fourth-order valence-electron chi connectivity index (χ4n) is 13.3. The van der Waals surface area contributed by atoms with Crippen molar-refractivity contribution in [3.8, 4) is 0 Å². The summed E-state index contributed by atoms with van der Waals surface area (Å²) in [5, 5.41) is 3.62. The van der Waals surface area contributed by atoms with Gasteiger partial charge in [0, 0.05) is 24.2 Å². The molecule has 5 saturated carbocycles. The van der Waals surface area contributed by atoms with E-state index in [1.54, 1.807) is 0 Å². The first-order valence-corrected chi connectivity index (χ1v) is 22.3. The second-order valence-electron chi connectivity index (χ2n) is 18.1. The summed E-state index contributed by atoms with van der Waals surface area (Å²) < 4.78 is 23.8. The second-order valence-corrected chi connectivity index (χ2v) is 20.4. The monoisotopic (exact) mass is 711 g/mol. The minimum atomic E-state index is -2.94. The Bertz CT molecular complexity index is 1430. The molecule has 1 heterocycles. The number of sulfone groups is 1. The summed E-state index contributed by atoms with van der Waals surface area (Å²) in [5.41, 5.74) is 3.03. The Morgan fingerprint density at radius 1 is 0.820 bits per heavy atom. The fourth-order valence-corrected chi connectivity index (χ4v) is 14.5. The second kappa shape index (κ2) is 15.3. The molecular weight excluding hydrogens is 641 g/mol. The van der Waals surface area contributed by atoms with Crippen LogP contribution < -0.4 is 5.32 Å². The van der Waals surface area contributed by atoms with Crippen molar-refractivity contribution in [2.75, 3.05) is 31.1 Å². The first-order valence-electron chi connectivity index (χ1n) is 20.5. The molecule has 1 aliphatic heterocycles. The highest BCUT2D eigenvalue weighted by Gasteiger charge is 2.66. The van der Waals surface area contributed by atoms with Gasteiger partial charge in [-0.2, -0.15) is 0 Å². The molecule has 1 aromatic carbocycles. The maximum atomic E-state index is 13.4. The summed E-state index contributed by atoms with van der Waals surface area (Å²) in [4.78, 5) is 26.8. The van der Waals surface area contributed by atoms with E-state index in [9.17, 15) is 18.0 Å². The van der Waals surface area contributed by atoms with Gasteiger partial charge in [-0.05, 0) is 122 Å². The van der Waals surface area contributed by atoms with Gasteiger partial charge in [-0.15, -0.1) is 0 Å². The van der Waals surface area contributed by atoms with Crippen molar-refractivity contribution in [3.63, 3.8) is 0 Å². The van der Waals surface area contributed by atoms with E-state index in [1.807, 2.05) is 30.9 Å².